The zero-order chi connectivity index (χ0) is 13.8. The molecular weight excluding hydrogens is 328 g/mol. The first-order valence-corrected chi connectivity index (χ1v) is 7.28. The van der Waals surface area contributed by atoms with Crippen molar-refractivity contribution in [2.24, 2.45) is 0 Å². The molecule has 0 spiro atoms. The number of nitrogens with zero attached hydrogens (tertiary/aromatic N) is 2. The quantitative estimate of drug-likeness (QED) is 0.864. The Morgan fingerprint density at radius 1 is 1.32 bits per heavy atom. The maximum absolute atomic E-state index is 10.9. The van der Waals surface area contributed by atoms with Gasteiger partial charge in [0.25, 0.3) is 0 Å². The second kappa shape index (κ2) is 6.16. The van der Waals surface area contributed by atoms with Crippen molar-refractivity contribution in [1.82, 2.24) is 9.97 Å². The largest absolute Gasteiger partial charge is 0.477 e. The standard InChI is InChI=1S/C13H11BrN2O2S/c1-8-6-11(13(17)18)16-12(15-8)7-19-10-4-2-9(14)3-5-10/h2-6H,7H2,1H3,(H,17,18). The molecule has 0 saturated carbocycles. The summed E-state index contributed by atoms with van der Waals surface area (Å²) in [6.45, 7) is 1.77. The van der Waals surface area contributed by atoms with E-state index < -0.39 is 5.97 Å². The summed E-state index contributed by atoms with van der Waals surface area (Å²) in [4.78, 5) is 20.3. The van der Waals surface area contributed by atoms with Gasteiger partial charge in [0, 0.05) is 15.1 Å². The Balaban J connectivity index is 2.11. The molecule has 19 heavy (non-hydrogen) atoms. The van der Waals surface area contributed by atoms with Crippen molar-refractivity contribution < 1.29 is 9.90 Å². The first kappa shape index (κ1) is 14.0. The van der Waals surface area contributed by atoms with Gasteiger partial charge in [-0.1, -0.05) is 15.9 Å². The third-order valence-electron chi connectivity index (χ3n) is 2.30. The highest BCUT2D eigenvalue weighted by Gasteiger charge is 2.08. The average Bonchev–Trinajstić information content (AvgIpc) is 2.37. The number of halogens is 1. The van der Waals surface area contributed by atoms with Gasteiger partial charge >= 0.3 is 5.97 Å². The van der Waals surface area contributed by atoms with Gasteiger partial charge in [0.05, 0.1) is 5.75 Å². The van der Waals surface area contributed by atoms with Gasteiger partial charge in [-0.3, -0.25) is 0 Å². The minimum Gasteiger partial charge on any atom is -0.477 e. The molecule has 0 aliphatic rings. The summed E-state index contributed by atoms with van der Waals surface area (Å²) in [6, 6.07) is 9.37. The van der Waals surface area contributed by atoms with Gasteiger partial charge in [0.2, 0.25) is 0 Å². The summed E-state index contributed by atoms with van der Waals surface area (Å²) in [6.07, 6.45) is 0. The van der Waals surface area contributed by atoms with Crippen molar-refractivity contribution in [3.8, 4) is 0 Å². The van der Waals surface area contributed by atoms with Gasteiger partial charge in [-0.05, 0) is 37.3 Å². The lowest BCUT2D eigenvalue weighted by molar-refractivity contribution is 0.0689. The number of carboxylic acid groups (broad SMARTS) is 1. The van der Waals surface area contributed by atoms with Crippen LogP contribution in [0.1, 0.15) is 22.0 Å². The molecule has 0 aliphatic carbocycles. The summed E-state index contributed by atoms with van der Waals surface area (Å²) in [7, 11) is 0. The van der Waals surface area contributed by atoms with Crippen molar-refractivity contribution >= 4 is 33.7 Å². The second-order valence-corrected chi connectivity index (χ2v) is 5.82. The molecule has 0 radical (unpaired) electrons. The lowest BCUT2D eigenvalue weighted by atomic mass is 10.3. The van der Waals surface area contributed by atoms with Crippen LogP contribution >= 0.6 is 27.7 Å². The topological polar surface area (TPSA) is 63.1 Å². The number of aryl methyl sites for hydroxylation is 1. The maximum Gasteiger partial charge on any atom is 0.354 e. The van der Waals surface area contributed by atoms with Gasteiger partial charge in [-0.25, -0.2) is 14.8 Å². The molecule has 0 amide bonds. The number of rotatable bonds is 4. The van der Waals surface area contributed by atoms with Gasteiger partial charge in [-0.2, -0.15) is 0 Å². The molecule has 4 nitrogen and oxygen atoms in total. The molecule has 0 atom stereocenters. The van der Waals surface area contributed by atoms with E-state index in [0.29, 0.717) is 17.3 Å². The molecular formula is C13H11BrN2O2S. The Labute approximate surface area is 123 Å². The molecule has 2 aromatic rings. The Morgan fingerprint density at radius 2 is 2.00 bits per heavy atom. The van der Waals surface area contributed by atoms with E-state index in [1.165, 1.54) is 6.07 Å². The number of hydrogen-bond acceptors (Lipinski definition) is 4. The molecule has 0 saturated heterocycles. The van der Waals surface area contributed by atoms with E-state index in [2.05, 4.69) is 25.9 Å². The highest BCUT2D eigenvalue weighted by atomic mass is 79.9. The lowest BCUT2D eigenvalue weighted by Gasteiger charge is -2.04. The third-order valence-corrected chi connectivity index (χ3v) is 3.84. The zero-order valence-corrected chi connectivity index (χ0v) is 12.5. The Hall–Kier alpha value is -1.40. The third kappa shape index (κ3) is 4.04. The minimum atomic E-state index is -1.03. The molecule has 1 heterocycles. The first-order valence-electron chi connectivity index (χ1n) is 5.51. The summed E-state index contributed by atoms with van der Waals surface area (Å²) in [5.41, 5.74) is 0.706. The number of carboxylic acids is 1. The van der Waals surface area contributed by atoms with E-state index in [1.54, 1.807) is 18.7 Å². The van der Waals surface area contributed by atoms with Crippen molar-refractivity contribution in [3.63, 3.8) is 0 Å². The Bertz CT molecular complexity index is 602. The van der Waals surface area contributed by atoms with Gasteiger partial charge in [-0.15, -0.1) is 11.8 Å². The maximum atomic E-state index is 10.9. The van der Waals surface area contributed by atoms with Crippen LogP contribution in [0.25, 0.3) is 0 Å². The monoisotopic (exact) mass is 338 g/mol. The van der Waals surface area contributed by atoms with Crippen LogP contribution in [0.3, 0.4) is 0 Å². The van der Waals surface area contributed by atoms with Crippen LogP contribution in [0.4, 0.5) is 0 Å². The molecule has 6 heteroatoms. The van der Waals surface area contributed by atoms with Gasteiger partial charge in [0.15, 0.2) is 5.69 Å². The van der Waals surface area contributed by atoms with Crippen molar-refractivity contribution in [1.29, 1.82) is 0 Å². The fourth-order valence-corrected chi connectivity index (χ4v) is 2.50. The van der Waals surface area contributed by atoms with Crippen LogP contribution in [-0.2, 0) is 5.75 Å². The fraction of sp³-hybridized carbons (Fsp3) is 0.154. The SMILES string of the molecule is Cc1cc(C(=O)O)nc(CSc2ccc(Br)cc2)n1. The average molecular weight is 339 g/mol. The van der Waals surface area contributed by atoms with Gasteiger partial charge in [0.1, 0.15) is 5.82 Å². The molecule has 0 aliphatic heterocycles. The van der Waals surface area contributed by atoms with E-state index in [1.807, 2.05) is 24.3 Å². The second-order valence-electron chi connectivity index (χ2n) is 3.86. The molecule has 2 rings (SSSR count). The molecule has 1 aromatic heterocycles. The van der Waals surface area contributed by atoms with Crippen LogP contribution < -0.4 is 0 Å². The zero-order valence-electron chi connectivity index (χ0n) is 10.1. The molecule has 0 unspecified atom stereocenters. The smallest absolute Gasteiger partial charge is 0.354 e. The summed E-state index contributed by atoms with van der Waals surface area (Å²) < 4.78 is 1.02. The number of aromatic carboxylic acids is 1. The van der Waals surface area contributed by atoms with E-state index in [-0.39, 0.29) is 5.69 Å². The van der Waals surface area contributed by atoms with Crippen molar-refractivity contribution in [2.75, 3.05) is 0 Å². The first-order chi connectivity index (χ1) is 9.04. The highest BCUT2D eigenvalue weighted by molar-refractivity contribution is 9.10. The minimum absolute atomic E-state index is 0.0407. The van der Waals surface area contributed by atoms with Crippen molar-refractivity contribution in [2.45, 2.75) is 17.6 Å². The predicted octanol–water partition coefficient (Wildman–Crippen LogP) is 3.54. The van der Waals surface area contributed by atoms with Crippen LogP contribution in [0.2, 0.25) is 0 Å². The van der Waals surface area contributed by atoms with E-state index in [9.17, 15) is 4.79 Å². The van der Waals surface area contributed by atoms with E-state index in [4.69, 9.17) is 5.11 Å². The number of benzene rings is 1. The molecule has 0 fully saturated rings. The van der Waals surface area contributed by atoms with E-state index in [0.717, 1.165) is 9.37 Å². The molecule has 1 N–H and O–H groups in total. The van der Waals surface area contributed by atoms with Crippen LogP contribution in [0.5, 0.6) is 0 Å². The van der Waals surface area contributed by atoms with Crippen molar-refractivity contribution in [3.05, 3.63) is 52.0 Å². The fourth-order valence-electron chi connectivity index (χ4n) is 1.48. The summed E-state index contributed by atoms with van der Waals surface area (Å²) in [5.74, 6) is 0.0505. The van der Waals surface area contributed by atoms with Crippen LogP contribution in [0, 0.1) is 6.92 Å². The van der Waals surface area contributed by atoms with E-state index >= 15 is 0 Å². The highest BCUT2D eigenvalue weighted by Crippen LogP contribution is 2.23. The molecule has 98 valence electrons. The number of hydrogen-bond donors (Lipinski definition) is 1. The number of carbonyl (C=O) groups is 1. The predicted molar refractivity (Wildman–Crippen MR) is 77.4 cm³/mol. The number of aromatic nitrogens is 2. The lowest BCUT2D eigenvalue weighted by Crippen LogP contribution is -2.05. The molecule has 0 bridgehead atoms. The molecule has 1 aromatic carbocycles. The van der Waals surface area contributed by atoms with Crippen LogP contribution in [0.15, 0.2) is 39.7 Å². The number of thioether (sulfide) groups is 1. The Morgan fingerprint density at radius 3 is 2.63 bits per heavy atom. The van der Waals surface area contributed by atoms with Crippen LogP contribution in [-0.4, -0.2) is 21.0 Å². The Kier molecular flexibility index (Phi) is 4.55. The van der Waals surface area contributed by atoms with Gasteiger partial charge < -0.3 is 5.11 Å². The normalized spacial score (nSPS) is 10.4. The summed E-state index contributed by atoms with van der Waals surface area (Å²) >= 11 is 4.95. The summed E-state index contributed by atoms with van der Waals surface area (Å²) in [5, 5.41) is 8.95.